The van der Waals surface area contributed by atoms with Crippen molar-refractivity contribution in [2.75, 3.05) is 0 Å². The highest BCUT2D eigenvalue weighted by Gasteiger charge is 2.09. The maximum absolute atomic E-state index is 2.37. The standard InChI is InChI=1S/C44H28/c1-2-7-29(8-3-1)32-10-6-11-33(25-32)34-19-21-40-37(26-34)15-16-38-27-35(20-22-41(38)40)36-14-13-31-18-23-42-39-12-5-4-9-30(39)17-24-43(42)44(31)28-36/h1-28H. The third-order valence-corrected chi connectivity index (χ3v) is 9.22. The molecule has 0 heteroatoms. The van der Waals surface area contributed by atoms with Gasteiger partial charge in [-0.15, -0.1) is 0 Å². The van der Waals surface area contributed by atoms with Gasteiger partial charge in [-0.3, -0.25) is 0 Å². The molecule has 44 heavy (non-hydrogen) atoms. The average Bonchev–Trinajstić information content (AvgIpc) is 3.11. The van der Waals surface area contributed by atoms with E-state index in [0.717, 1.165) is 0 Å². The van der Waals surface area contributed by atoms with Gasteiger partial charge in [0.1, 0.15) is 0 Å². The molecule has 0 amide bonds. The second kappa shape index (κ2) is 9.93. The minimum Gasteiger partial charge on any atom is -0.0622 e. The van der Waals surface area contributed by atoms with Crippen molar-refractivity contribution in [1.29, 1.82) is 0 Å². The zero-order chi connectivity index (χ0) is 29.0. The van der Waals surface area contributed by atoms with Gasteiger partial charge in [0.05, 0.1) is 0 Å². The molecule has 0 bridgehead atoms. The molecular formula is C44H28. The molecule has 0 aromatic heterocycles. The number of fused-ring (bicyclic) bond motifs is 8. The third kappa shape index (κ3) is 4.07. The molecule has 0 aliphatic rings. The van der Waals surface area contributed by atoms with Gasteiger partial charge in [0, 0.05) is 0 Å². The second-order valence-corrected chi connectivity index (χ2v) is 11.8. The lowest BCUT2D eigenvalue weighted by Crippen LogP contribution is -1.85. The summed E-state index contributed by atoms with van der Waals surface area (Å²) in [6.07, 6.45) is 0. The predicted molar refractivity (Wildman–Crippen MR) is 190 cm³/mol. The molecule has 0 heterocycles. The van der Waals surface area contributed by atoms with Crippen LogP contribution in [0.3, 0.4) is 0 Å². The van der Waals surface area contributed by atoms with Gasteiger partial charge in [0.15, 0.2) is 0 Å². The molecule has 0 saturated carbocycles. The SMILES string of the molecule is c1ccc(-c2cccc(-c3ccc4c(ccc5cc(-c6ccc7ccc8c9ccccc9ccc8c7c6)ccc54)c3)c2)cc1. The molecule has 0 atom stereocenters. The summed E-state index contributed by atoms with van der Waals surface area (Å²) >= 11 is 0. The van der Waals surface area contributed by atoms with E-state index in [2.05, 4.69) is 170 Å². The second-order valence-electron chi connectivity index (χ2n) is 11.8. The van der Waals surface area contributed by atoms with E-state index in [9.17, 15) is 0 Å². The number of hydrogen-bond acceptors (Lipinski definition) is 0. The first kappa shape index (κ1) is 24.8. The molecule has 0 nitrogen and oxygen atoms in total. The minimum atomic E-state index is 1.24. The first-order valence-electron chi connectivity index (χ1n) is 15.3. The Bertz CT molecular complexity index is 2540. The molecule has 0 radical (unpaired) electrons. The minimum absolute atomic E-state index is 1.24. The molecule has 9 rings (SSSR count). The summed E-state index contributed by atoms with van der Waals surface area (Å²) in [6.45, 7) is 0. The van der Waals surface area contributed by atoms with E-state index in [0.29, 0.717) is 0 Å². The highest BCUT2D eigenvalue weighted by atomic mass is 14.1. The molecular weight excluding hydrogens is 528 g/mol. The van der Waals surface area contributed by atoms with Crippen LogP contribution in [-0.2, 0) is 0 Å². The molecule has 0 N–H and O–H groups in total. The summed E-state index contributed by atoms with van der Waals surface area (Å²) in [7, 11) is 0. The normalized spacial score (nSPS) is 11.6. The smallest absolute Gasteiger partial charge is 0.00987 e. The Morgan fingerprint density at radius 2 is 0.614 bits per heavy atom. The van der Waals surface area contributed by atoms with Gasteiger partial charge >= 0.3 is 0 Å². The lowest BCUT2D eigenvalue weighted by Gasteiger charge is -2.12. The molecule has 0 unspecified atom stereocenters. The predicted octanol–water partition coefficient (Wildman–Crippen LogP) is 12.5. The van der Waals surface area contributed by atoms with Crippen molar-refractivity contribution < 1.29 is 0 Å². The largest absolute Gasteiger partial charge is 0.0622 e. The fourth-order valence-electron chi connectivity index (χ4n) is 6.94. The molecule has 0 fully saturated rings. The van der Waals surface area contributed by atoms with Crippen molar-refractivity contribution in [2.24, 2.45) is 0 Å². The van der Waals surface area contributed by atoms with Crippen LogP contribution >= 0.6 is 0 Å². The van der Waals surface area contributed by atoms with Crippen LogP contribution in [-0.4, -0.2) is 0 Å². The third-order valence-electron chi connectivity index (χ3n) is 9.22. The van der Waals surface area contributed by atoms with Crippen LogP contribution in [0.4, 0.5) is 0 Å². The maximum Gasteiger partial charge on any atom is -0.00987 e. The Labute approximate surface area is 256 Å². The Morgan fingerprint density at radius 1 is 0.182 bits per heavy atom. The van der Waals surface area contributed by atoms with Gasteiger partial charge in [-0.2, -0.15) is 0 Å². The molecule has 0 aliphatic carbocycles. The van der Waals surface area contributed by atoms with Crippen LogP contribution in [0.25, 0.3) is 87.2 Å². The number of rotatable bonds is 3. The summed E-state index contributed by atoms with van der Waals surface area (Å²) in [5.74, 6) is 0. The van der Waals surface area contributed by atoms with Crippen LogP contribution in [0.2, 0.25) is 0 Å². The van der Waals surface area contributed by atoms with Crippen molar-refractivity contribution in [2.45, 2.75) is 0 Å². The molecule has 0 saturated heterocycles. The van der Waals surface area contributed by atoms with Crippen molar-refractivity contribution in [1.82, 2.24) is 0 Å². The van der Waals surface area contributed by atoms with Gasteiger partial charge in [-0.25, -0.2) is 0 Å². The summed E-state index contributed by atoms with van der Waals surface area (Å²) in [5.41, 5.74) is 7.44. The highest BCUT2D eigenvalue weighted by molar-refractivity contribution is 6.18. The molecule has 9 aromatic carbocycles. The number of hydrogen-bond donors (Lipinski definition) is 0. The first-order valence-corrected chi connectivity index (χ1v) is 15.3. The Hall–Kier alpha value is -5.72. The van der Waals surface area contributed by atoms with Crippen molar-refractivity contribution in [3.63, 3.8) is 0 Å². The van der Waals surface area contributed by atoms with Gasteiger partial charge < -0.3 is 0 Å². The van der Waals surface area contributed by atoms with Crippen LogP contribution in [0.5, 0.6) is 0 Å². The lowest BCUT2D eigenvalue weighted by atomic mass is 9.92. The van der Waals surface area contributed by atoms with E-state index in [1.165, 1.54) is 87.2 Å². The summed E-state index contributed by atoms with van der Waals surface area (Å²) in [4.78, 5) is 0. The quantitative estimate of drug-likeness (QED) is 0.190. The van der Waals surface area contributed by atoms with Crippen LogP contribution in [0.1, 0.15) is 0 Å². The van der Waals surface area contributed by atoms with Gasteiger partial charge in [-0.05, 0) is 112 Å². The maximum atomic E-state index is 2.37. The van der Waals surface area contributed by atoms with E-state index in [4.69, 9.17) is 0 Å². The Balaban J connectivity index is 1.12. The van der Waals surface area contributed by atoms with Crippen LogP contribution in [0.15, 0.2) is 170 Å². The fourth-order valence-corrected chi connectivity index (χ4v) is 6.94. The summed E-state index contributed by atoms with van der Waals surface area (Å²) in [6, 6.07) is 62.4. The topological polar surface area (TPSA) is 0 Å². The fraction of sp³-hybridized carbons (Fsp3) is 0. The number of benzene rings is 9. The van der Waals surface area contributed by atoms with Gasteiger partial charge in [-0.1, -0.05) is 146 Å². The first-order chi connectivity index (χ1) is 21.8. The van der Waals surface area contributed by atoms with Crippen molar-refractivity contribution in [3.05, 3.63) is 170 Å². The van der Waals surface area contributed by atoms with Crippen LogP contribution < -0.4 is 0 Å². The van der Waals surface area contributed by atoms with E-state index in [-0.39, 0.29) is 0 Å². The van der Waals surface area contributed by atoms with Gasteiger partial charge in [0.25, 0.3) is 0 Å². The van der Waals surface area contributed by atoms with E-state index >= 15 is 0 Å². The Morgan fingerprint density at radius 3 is 1.34 bits per heavy atom. The summed E-state index contributed by atoms with van der Waals surface area (Å²) in [5, 5.41) is 12.9. The molecule has 0 spiro atoms. The van der Waals surface area contributed by atoms with Crippen molar-refractivity contribution >= 4 is 53.9 Å². The highest BCUT2D eigenvalue weighted by Crippen LogP contribution is 2.36. The van der Waals surface area contributed by atoms with Crippen molar-refractivity contribution in [3.8, 4) is 33.4 Å². The monoisotopic (exact) mass is 556 g/mol. The van der Waals surface area contributed by atoms with Crippen LogP contribution in [0, 0.1) is 0 Å². The van der Waals surface area contributed by atoms with E-state index in [1.807, 2.05) is 0 Å². The average molecular weight is 557 g/mol. The van der Waals surface area contributed by atoms with E-state index < -0.39 is 0 Å². The zero-order valence-corrected chi connectivity index (χ0v) is 24.2. The Kier molecular flexibility index (Phi) is 5.61. The summed E-state index contributed by atoms with van der Waals surface area (Å²) < 4.78 is 0. The molecule has 204 valence electrons. The molecule has 9 aromatic rings. The zero-order valence-electron chi connectivity index (χ0n) is 24.2. The molecule has 0 aliphatic heterocycles. The van der Waals surface area contributed by atoms with E-state index in [1.54, 1.807) is 0 Å². The lowest BCUT2D eigenvalue weighted by molar-refractivity contribution is 1.60. The van der Waals surface area contributed by atoms with Gasteiger partial charge in [0.2, 0.25) is 0 Å².